The van der Waals surface area contributed by atoms with Crippen molar-refractivity contribution in [2.45, 2.75) is 125 Å². The van der Waals surface area contributed by atoms with E-state index < -0.39 is 40.7 Å². The van der Waals surface area contributed by atoms with Crippen molar-refractivity contribution in [1.29, 1.82) is 0 Å². The summed E-state index contributed by atoms with van der Waals surface area (Å²) in [5.74, 6) is -1.92. The van der Waals surface area contributed by atoms with E-state index in [9.17, 15) is 19.2 Å². The van der Waals surface area contributed by atoms with Gasteiger partial charge in [0.2, 0.25) is 23.6 Å². The van der Waals surface area contributed by atoms with Gasteiger partial charge >= 0.3 is 5.69 Å². The number of nitrogens with one attached hydrogen (secondary N) is 3. The van der Waals surface area contributed by atoms with Crippen LogP contribution >= 0.6 is 23.2 Å². The molecule has 4 atom stereocenters. The Labute approximate surface area is 412 Å². The Balaban J connectivity index is 0.692. The number of fused-ring (bicyclic) bond motifs is 4. The number of aromatic nitrogens is 2. The first-order valence-corrected chi connectivity index (χ1v) is 26.0. The van der Waals surface area contributed by atoms with Crippen LogP contribution in [0.4, 0.5) is 10.1 Å². The summed E-state index contributed by atoms with van der Waals surface area (Å²) in [5, 5.41) is 10.1. The molecule has 3 N–H and O–H groups in total. The summed E-state index contributed by atoms with van der Waals surface area (Å²) in [6, 6.07) is 15.0. The molecular formula is C53H63Cl2FN8O5. The number of imidazole rings is 1. The third kappa shape index (κ3) is 7.77. The summed E-state index contributed by atoms with van der Waals surface area (Å²) in [4.78, 5) is 74.4. The fourth-order valence-electron chi connectivity index (χ4n) is 14.3. The maximum atomic E-state index is 16.5. The van der Waals surface area contributed by atoms with E-state index in [1.54, 1.807) is 41.8 Å². The molecule has 2 saturated carbocycles. The van der Waals surface area contributed by atoms with Crippen LogP contribution in [0.25, 0.3) is 11.0 Å². The predicted octanol–water partition coefficient (Wildman–Crippen LogP) is 6.75. The fourth-order valence-corrected chi connectivity index (χ4v) is 14.7. The molecule has 1 aromatic heterocycles. The van der Waals surface area contributed by atoms with E-state index in [2.05, 4.69) is 37.9 Å². The third-order valence-electron chi connectivity index (χ3n) is 17.8. The molecule has 6 heterocycles. The van der Waals surface area contributed by atoms with Crippen LogP contribution < -0.4 is 26.5 Å². The summed E-state index contributed by atoms with van der Waals surface area (Å²) < 4.78 is 19.6. The number of carbonyl (C=O) groups excluding carboxylic acids is 4. The number of imide groups is 1. The first-order chi connectivity index (χ1) is 33.2. The molecule has 4 amide bonds. The SMILES string of the molecule is CN1C(=O)[C@@]2(c3ccc(Cl)cc31)[C@@H](c1cccc(Cl)c1F)[C@H](C(=O)NC1CCC(CN3CCC4(CC3)CN(CCc3ccc5c(c3)n(C)c(=O)n5C3CCC(=O)NC3=O)C4)CC1)NC21CCCCC1. The van der Waals surface area contributed by atoms with Crippen LogP contribution in [-0.2, 0) is 38.1 Å². The number of likely N-dealkylation sites (N-methyl/N-ethyl adjacent to an activating group) is 1. The van der Waals surface area contributed by atoms with Crippen molar-refractivity contribution < 1.29 is 23.6 Å². The maximum absolute atomic E-state index is 16.5. The lowest BCUT2D eigenvalue weighted by Gasteiger charge is -2.54. The zero-order chi connectivity index (χ0) is 48.0. The van der Waals surface area contributed by atoms with E-state index >= 15 is 9.18 Å². The minimum Gasteiger partial charge on any atom is -0.352 e. The maximum Gasteiger partial charge on any atom is 0.329 e. The van der Waals surface area contributed by atoms with Gasteiger partial charge in [-0.05, 0) is 136 Å². The van der Waals surface area contributed by atoms with Crippen molar-refractivity contribution in [1.82, 2.24) is 34.9 Å². The van der Waals surface area contributed by atoms with Crippen LogP contribution in [-0.4, -0.2) is 107 Å². The Morgan fingerprint density at radius 3 is 2.35 bits per heavy atom. The van der Waals surface area contributed by atoms with Crippen LogP contribution in [0.3, 0.4) is 0 Å². The standard InChI is InChI=1S/C53H63Cl2FN8O5/c1-60-41-28-34(54)12-15-37(41)53(49(60)68)44(36-7-6-8-38(55)45(36)56)46(59-52(53)20-4-3-5-21-52)48(67)57-35-13-9-33(10-14-35)29-62-25-22-51(23-26-62)30-63(31-51)24-19-32-11-16-39-42(27-32)61(2)50(69)64(39)40-17-18-43(65)58-47(40)66/h6-8,11-12,15-16,27-28,33,35,40,44,46,59H,3-5,9-10,13-14,17-26,29-31H2,1-2H3,(H,57,67)(H,58,65,66)/t33?,35?,40?,44-,46+,53+/m0/s1. The van der Waals surface area contributed by atoms with Crippen LogP contribution in [0.1, 0.15) is 112 Å². The lowest BCUT2D eigenvalue weighted by molar-refractivity contribution is -0.136. The van der Waals surface area contributed by atoms with E-state index in [4.69, 9.17) is 23.2 Å². The number of hydrogen-bond donors (Lipinski definition) is 3. The van der Waals surface area contributed by atoms with Gasteiger partial charge in [-0.3, -0.25) is 38.9 Å². The zero-order valence-corrected chi connectivity index (χ0v) is 41.1. The Hall–Kier alpha value is -4.60. The average molecular weight is 982 g/mol. The van der Waals surface area contributed by atoms with E-state index in [1.165, 1.54) is 23.5 Å². The second-order valence-corrected chi connectivity index (χ2v) is 22.6. The highest BCUT2D eigenvalue weighted by Crippen LogP contribution is 2.64. The highest BCUT2D eigenvalue weighted by Gasteiger charge is 2.73. The molecule has 6 fully saturated rings. The number of aryl methyl sites for hydroxylation is 1. The number of benzene rings is 3. The zero-order valence-electron chi connectivity index (χ0n) is 39.6. The first kappa shape index (κ1) is 46.8. The molecule has 11 rings (SSSR count). The lowest BCUT2D eigenvalue weighted by atomic mass is 9.55. The third-order valence-corrected chi connectivity index (χ3v) is 18.3. The molecule has 3 aromatic carbocycles. The van der Waals surface area contributed by atoms with E-state index in [0.717, 1.165) is 107 Å². The monoisotopic (exact) mass is 980 g/mol. The largest absolute Gasteiger partial charge is 0.352 e. The second kappa shape index (κ2) is 17.9. The van der Waals surface area contributed by atoms with Crippen LogP contribution in [0, 0.1) is 17.2 Å². The predicted molar refractivity (Wildman–Crippen MR) is 264 cm³/mol. The summed E-state index contributed by atoms with van der Waals surface area (Å²) >= 11 is 13.0. The average Bonchev–Trinajstić information content (AvgIpc) is 3.84. The fraction of sp³-hybridized carbons (Fsp3) is 0.566. The van der Waals surface area contributed by atoms with E-state index in [-0.39, 0.29) is 46.5 Å². The Bertz CT molecular complexity index is 2780. The van der Waals surface area contributed by atoms with Crippen LogP contribution in [0.2, 0.25) is 10.0 Å². The van der Waals surface area contributed by atoms with E-state index in [0.29, 0.717) is 46.8 Å². The highest BCUT2D eigenvalue weighted by molar-refractivity contribution is 6.31. The van der Waals surface area contributed by atoms with Gasteiger partial charge in [0.1, 0.15) is 17.3 Å². The molecule has 7 aliphatic rings. The van der Waals surface area contributed by atoms with Crippen molar-refractivity contribution in [2.75, 3.05) is 51.2 Å². The highest BCUT2D eigenvalue weighted by atomic mass is 35.5. The molecule has 2 aliphatic carbocycles. The summed E-state index contributed by atoms with van der Waals surface area (Å²) in [6.45, 7) is 6.43. The summed E-state index contributed by atoms with van der Waals surface area (Å²) in [6.07, 6.45) is 11.8. The molecule has 0 radical (unpaired) electrons. The number of hydrogen-bond acceptors (Lipinski definition) is 8. The molecule has 16 heteroatoms. The Kier molecular flexibility index (Phi) is 12.1. The van der Waals surface area contributed by atoms with Gasteiger partial charge in [-0.15, -0.1) is 0 Å². The van der Waals surface area contributed by atoms with Crippen molar-refractivity contribution in [3.8, 4) is 0 Å². The van der Waals surface area contributed by atoms with Gasteiger partial charge in [0.15, 0.2) is 0 Å². The van der Waals surface area contributed by atoms with Crippen LogP contribution in [0.15, 0.2) is 59.4 Å². The van der Waals surface area contributed by atoms with Gasteiger partial charge < -0.3 is 20.0 Å². The minimum atomic E-state index is -1.24. The number of rotatable bonds is 9. The van der Waals surface area contributed by atoms with E-state index in [1.807, 2.05) is 18.2 Å². The quantitative estimate of drug-likeness (QED) is 0.157. The van der Waals surface area contributed by atoms with Crippen molar-refractivity contribution in [3.63, 3.8) is 0 Å². The first-order valence-electron chi connectivity index (χ1n) is 25.3. The Morgan fingerprint density at radius 1 is 0.855 bits per heavy atom. The Morgan fingerprint density at radius 2 is 1.61 bits per heavy atom. The normalized spacial score (nSPS) is 29.0. The number of amides is 4. The minimum absolute atomic E-state index is 0.00868. The van der Waals surface area contributed by atoms with Gasteiger partial charge in [-0.2, -0.15) is 0 Å². The molecule has 3 spiro atoms. The van der Waals surface area contributed by atoms with Gasteiger partial charge in [0, 0.05) is 74.9 Å². The number of carbonyl (C=O) groups is 4. The number of halogens is 3. The van der Waals surface area contributed by atoms with Crippen molar-refractivity contribution in [2.24, 2.45) is 18.4 Å². The van der Waals surface area contributed by atoms with Crippen molar-refractivity contribution in [3.05, 3.63) is 97.6 Å². The molecule has 5 aliphatic heterocycles. The number of piperidine rings is 2. The van der Waals surface area contributed by atoms with Gasteiger partial charge in [0.25, 0.3) is 0 Å². The molecule has 0 bridgehead atoms. The van der Waals surface area contributed by atoms with Gasteiger partial charge in [0.05, 0.1) is 22.1 Å². The number of likely N-dealkylation sites (tertiary alicyclic amines) is 2. The second-order valence-electron chi connectivity index (χ2n) is 21.7. The topological polar surface area (TPSA) is 141 Å². The smallest absolute Gasteiger partial charge is 0.329 e. The summed E-state index contributed by atoms with van der Waals surface area (Å²) in [7, 11) is 3.50. The van der Waals surface area contributed by atoms with Gasteiger partial charge in [-0.25, -0.2) is 9.18 Å². The molecule has 4 saturated heterocycles. The molecule has 13 nitrogen and oxygen atoms in total. The van der Waals surface area contributed by atoms with Crippen LogP contribution in [0.5, 0.6) is 0 Å². The summed E-state index contributed by atoms with van der Waals surface area (Å²) in [5.41, 5.74) is 2.55. The molecule has 1 unspecified atom stereocenters. The molecule has 69 heavy (non-hydrogen) atoms. The molecular weight excluding hydrogens is 919 g/mol. The number of nitrogens with zero attached hydrogens (tertiary/aromatic N) is 5. The van der Waals surface area contributed by atoms with Gasteiger partial charge in [-0.1, -0.05) is 66.7 Å². The molecule has 366 valence electrons. The molecule has 4 aromatic rings. The lowest BCUT2D eigenvalue weighted by Crippen LogP contribution is -2.61. The number of anilines is 1. The van der Waals surface area contributed by atoms with Crippen molar-refractivity contribution >= 4 is 63.6 Å².